The van der Waals surface area contributed by atoms with Gasteiger partial charge >= 0.3 is 6.09 Å². The molecule has 0 bridgehead atoms. The number of amides is 2. The number of halogens is 1. The second kappa shape index (κ2) is 11.3. The van der Waals surface area contributed by atoms with Gasteiger partial charge in [-0.2, -0.15) is 0 Å². The Hall–Kier alpha value is -2.88. The van der Waals surface area contributed by atoms with Gasteiger partial charge in [-0.05, 0) is 70.4 Å². The molecule has 2 saturated heterocycles. The van der Waals surface area contributed by atoms with Crippen LogP contribution in [0.25, 0.3) is 21.3 Å². The van der Waals surface area contributed by atoms with Gasteiger partial charge in [0.2, 0.25) is 5.91 Å². The number of piperidine rings is 1. The van der Waals surface area contributed by atoms with Gasteiger partial charge in [0.05, 0.1) is 22.8 Å². The molecular formula is C29H35ClN4O4S. The first-order valence-electron chi connectivity index (χ1n) is 13.4. The molecule has 2 N–H and O–H groups in total. The Labute approximate surface area is 238 Å². The van der Waals surface area contributed by atoms with Gasteiger partial charge in [0.1, 0.15) is 17.5 Å². The SMILES string of the molecule is Cc1cc(Cl)cc(-c2ccnc3cc(CC4NCCNC4=O)sc23)c1O[C@H]1CCCN(C(=O)OC(C)(C)C)C1. The Morgan fingerprint density at radius 2 is 2.05 bits per heavy atom. The van der Waals surface area contributed by atoms with Gasteiger partial charge in [0.15, 0.2) is 0 Å². The quantitative estimate of drug-likeness (QED) is 0.430. The number of carbonyl (C=O) groups is 2. The van der Waals surface area contributed by atoms with Crippen LogP contribution in [0.5, 0.6) is 5.75 Å². The lowest BCUT2D eigenvalue weighted by atomic mass is 10.0. The van der Waals surface area contributed by atoms with Crippen LogP contribution in [-0.2, 0) is 16.0 Å². The Morgan fingerprint density at radius 1 is 1.23 bits per heavy atom. The molecule has 5 rings (SSSR count). The molecule has 8 nitrogen and oxygen atoms in total. The van der Waals surface area contributed by atoms with E-state index in [1.807, 2.05) is 45.9 Å². The molecule has 0 saturated carbocycles. The molecule has 2 atom stereocenters. The zero-order chi connectivity index (χ0) is 27.7. The molecule has 0 radical (unpaired) electrons. The van der Waals surface area contributed by atoms with Crippen molar-refractivity contribution in [2.45, 2.75) is 64.7 Å². The number of hydrogen-bond donors (Lipinski definition) is 2. The summed E-state index contributed by atoms with van der Waals surface area (Å²) in [5.74, 6) is 0.784. The van der Waals surface area contributed by atoms with Crippen molar-refractivity contribution >= 4 is 45.2 Å². The second-order valence-electron chi connectivity index (χ2n) is 11.2. The van der Waals surface area contributed by atoms with Crippen LogP contribution in [0.3, 0.4) is 0 Å². The summed E-state index contributed by atoms with van der Waals surface area (Å²) in [5, 5.41) is 6.85. The molecule has 10 heteroatoms. The number of hydrogen-bond acceptors (Lipinski definition) is 7. The molecule has 2 aromatic heterocycles. The van der Waals surface area contributed by atoms with Crippen molar-refractivity contribution in [2.75, 3.05) is 26.2 Å². The number of carbonyl (C=O) groups excluding carboxylic acids is 2. The average Bonchev–Trinajstić information content (AvgIpc) is 3.29. The first-order chi connectivity index (χ1) is 18.6. The summed E-state index contributed by atoms with van der Waals surface area (Å²) >= 11 is 8.19. The third-order valence-electron chi connectivity index (χ3n) is 6.84. The number of rotatable bonds is 5. The number of nitrogens with one attached hydrogen (secondary N) is 2. The van der Waals surface area contributed by atoms with E-state index in [-0.39, 0.29) is 24.1 Å². The summed E-state index contributed by atoms with van der Waals surface area (Å²) in [6.07, 6.45) is 3.59. The van der Waals surface area contributed by atoms with Crippen molar-refractivity contribution in [3.8, 4) is 16.9 Å². The minimum atomic E-state index is -0.548. The van der Waals surface area contributed by atoms with Crippen molar-refractivity contribution in [3.05, 3.63) is 45.9 Å². The van der Waals surface area contributed by atoms with Gasteiger partial charge < -0.3 is 25.0 Å². The fourth-order valence-corrected chi connectivity index (χ4v) is 6.55. The normalized spacial score (nSPS) is 20.1. The van der Waals surface area contributed by atoms with Crippen molar-refractivity contribution in [1.29, 1.82) is 0 Å². The smallest absolute Gasteiger partial charge is 0.410 e. The van der Waals surface area contributed by atoms with Crippen LogP contribution in [0.15, 0.2) is 30.5 Å². The molecule has 1 unspecified atom stereocenters. The van der Waals surface area contributed by atoms with Crippen molar-refractivity contribution < 1.29 is 19.1 Å². The van der Waals surface area contributed by atoms with E-state index in [1.54, 1.807) is 22.4 Å². The molecule has 1 aromatic carbocycles. The lowest BCUT2D eigenvalue weighted by Crippen LogP contribution is -2.53. The van der Waals surface area contributed by atoms with E-state index in [2.05, 4.69) is 21.7 Å². The summed E-state index contributed by atoms with van der Waals surface area (Å²) < 4.78 is 13.3. The molecule has 208 valence electrons. The molecule has 39 heavy (non-hydrogen) atoms. The van der Waals surface area contributed by atoms with Gasteiger partial charge in [-0.3, -0.25) is 9.78 Å². The first kappa shape index (κ1) is 27.7. The zero-order valence-corrected chi connectivity index (χ0v) is 24.4. The fourth-order valence-electron chi connectivity index (χ4n) is 5.09. The number of fused-ring (bicyclic) bond motifs is 1. The minimum absolute atomic E-state index is 0.0287. The van der Waals surface area contributed by atoms with Gasteiger partial charge in [-0.1, -0.05) is 11.6 Å². The monoisotopic (exact) mass is 570 g/mol. The molecule has 4 heterocycles. The van der Waals surface area contributed by atoms with Crippen molar-refractivity contribution in [3.63, 3.8) is 0 Å². The lowest BCUT2D eigenvalue weighted by Gasteiger charge is -2.34. The van der Waals surface area contributed by atoms with Crippen molar-refractivity contribution in [1.82, 2.24) is 20.5 Å². The summed E-state index contributed by atoms with van der Waals surface area (Å²) in [6.45, 7) is 10.1. The van der Waals surface area contributed by atoms with E-state index < -0.39 is 5.60 Å². The third-order valence-corrected chi connectivity index (χ3v) is 8.24. The molecule has 0 aliphatic carbocycles. The maximum absolute atomic E-state index is 12.7. The summed E-state index contributed by atoms with van der Waals surface area (Å²) in [6, 6.07) is 7.63. The molecular weight excluding hydrogens is 536 g/mol. The number of aromatic nitrogens is 1. The topological polar surface area (TPSA) is 92.8 Å². The van der Waals surface area contributed by atoms with E-state index >= 15 is 0 Å². The molecule has 2 aliphatic rings. The van der Waals surface area contributed by atoms with Crippen LogP contribution in [0.4, 0.5) is 4.79 Å². The largest absolute Gasteiger partial charge is 0.488 e. The van der Waals surface area contributed by atoms with Gasteiger partial charge in [-0.15, -0.1) is 11.3 Å². The predicted octanol–water partition coefficient (Wildman–Crippen LogP) is 5.33. The maximum Gasteiger partial charge on any atom is 0.410 e. The Kier molecular flexibility index (Phi) is 8.03. The van der Waals surface area contributed by atoms with Crippen LogP contribution >= 0.6 is 22.9 Å². The summed E-state index contributed by atoms with van der Waals surface area (Å²) in [7, 11) is 0. The Morgan fingerprint density at radius 3 is 2.82 bits per heavy atom. The molecule has 2 aliphatic heterocycles. The molecule has 2 fully saturated rings. The number of nitrogens with zero attached hydrogens (tertiary/aromatic N) is 2. The first-order valence-corrected chi connectivity index (χ1v) is 14.6. The van der Waals surface area contributed by atoms with E-state index in [4.69, 9.17) is 21.1 Å². The van der Waals surface area contributed by atoms with Gasteiger partial charge in [-0.25, -0.2) is 4.79 Å². The average molecular weight is 571 g/mol. The zero-order valence-electron chi connectivity index (χ0n) is 22.8. The van der Waals surface area contributed by atoms with E-state index in [0.29, 0.717) is 31.1 Å². The number of piperazine rings is 1. The van der Waals surface area contributed by atoms with Crippen molar-refractivity contribution in [2.24, 2.45) is 0 Å². The minimum Gasteiger partial charge on any atom is -0.488 e. The highest BCUT2D eigenvalue weighted by Gasteiger charge is 2.30. The summed E-state index contributed by atoms with van der Waals surface area (Å²) in [5.41, 5.74) is 3.13. The number of pyridine rings is 1. The van der Waals surface area contributed by atoms with E-state index in [0.717, 1.165) is 56.9 Å². The standard InChI is InChI=1S/C29H35ClN4O4S/c1-17-12-18(30)13-22(25(17)37-19-6-5-11-34(16-19)28(36)38-29(2,3)4)21-7-8-31-23-14-20(39-26(21)23)15-24-27(35)33-10-9-32-24/h7-8,12-14,19,24,32H,5-6,9-11,15-16H2,1-4H3,(H,33,35)/t19-,24?/m0/s1. The number of likely N-dealkylation sites (tertiary alicyclic amines) is 1. The van der Waals surface area contributed by atoms with Crippen LogP contribution in [0.1, 0.15) is 44.1 Å². The molecule has 3 aromatic rings. The number of thiophene rings is 1. The van der Waals surface area contributed by atoms with Gasteiger partial charge in [0, 0.05) is 53.3 Å². The van der Waals surface area contributed by atoms with E-state index in [9.17, 15) is 9.59 Å². The molecule has 0 spiro atoms. The highest BCUT2D eigenvalue weighted by atomic mass is 35.5. The highest BCUT2D eigenvalue weighted by Crippen LogP contribution is 2.42. The van der Waals surface area contributed by atoms with Crippen LogP contribution in [0, 0.1) is 6.92 Å². The maximum atomic E-state index is 12.7. The second-order valence-corrected chi connectivity index (χ2v) is 12.8. The summed E-state index contributed by atoms with van der Waals surface area (Å²) in [4.78, 5) is 32.4. The predicted molar refractivity (Wildman–Crippen MR) is 155 cm³/mol. The van der Waals surface area contributed by atoms with Crippen LogP contribution < -0.4 is 15.4 Å². The molecule has 2 amide bonds. The third kappa shape index (κ3) is 6.48. The Balaban J connectivity index is 1.43. The Bertz CT molecular complexity index is 1390. The van der Waals surface area contributed by atoms with Crippen LogP contribution in [0.2, 0.25) is 5.02 Å². The fraction of sp³-hybridized carbons (Fsp3) is 0.483. The van der Waals surface area contributed by atoms with Crippen LogP contribution in [-0.4, -0.2) is 65.8 Å². The number of ether oxygens (including phenoxy) is 2. The lowest BCUT2D eigenvalue weighted by molar-refractivity contribution is -0.124. The number of benzene rings is 1. The van der Waals surface area contributed by atoms with E-state index in [1.165, 1.54) is 0 Å². The number of aryl methyl sites for hydroxylation is 1. The highest BCUT2D eigenvalue weighted by molar-refractivity contribution is 7.19. The van der Waals surface area contributed by atoms with Gasteiger partial charge in [0.25, 0.3) is 0 Å².